The third kappa shape index (κ3) is 1.44. The van der Waals surface area contributed by atoms with E-state index in [9.17, 15) is 9.59 Å². The van der Waals surface area contributed by atoms with Crippen LogP contribution in [0.5, 0.6) is 5.75 Å². The third-order valence-corrected chi connectivity index (χ3v) is 2.29. The first-order chi connectivity index (χ1) is 7.11. The fourth-order valence-electron chi connectivity index (χ4n) is 1.56. The van der Waals surface area contributed by atoms with E-state index in [1.165, 1.54) is 6.92 Å². The highest BCUT2D eigenvalue weighted by atomic mass is 16.5. The largest absolute Gasteiger partial charge is 0.425 e. The minimum atomic E-state index is -1.07. The van der Waals surface area contributed by atoms with Crippen LogP contribution in [-0.2, 0) is 4.79 Å². The van der Waals surface area contributed by atoms with Crippen LogP contribution in [0.25, 0.3) is 0 Å². The van der Waals surface area contributed by atoms with E-state index in [1.807, 2.05) is 0 Å². The van der Waals surface area contributed by atoms with Gasteiger partial charge in [-0.25, -0.2) is 0 Å². The average molecular weight is 203 g/mol. The zero-order valence-electron chi connectivity index (χ0n) is 8.11. The van der Waals surface area contributed by atoms with Gasteiger partial charge in [-0.3, -0.25) is 9.59 Å². The Morgan fingerprint density at radius 3 is 2.67 bits per heavy atom. The lowest BCUT2D eigenvalue weighted by atomic mass is 9.91. The lowest BCUT2D eigenvalue weighted by Crippen LogP contribution is -2.37. The Balaban J connectivity index is 2.52. The van der Waals surface area contributed by atoms with E-state index in [0.717, 1.165) is 0 Å². The van der Waals surface area contributed by atoms with Crippen molar-refractivity contribution < 1.29 is 14.3 Å². The fraction of sp³-hybridized carbons (Fsp3) is 0.182. The molecule has 1 unspecified atom stereocenters. The molecule has 0 saturated carbocycles. The van der Waals surface area contributed by atoms with Gasteiger partial charge in [-0.15, -0.1) is 0 Å². The van der Waals surface area contributed by atoms with Crippen LogP contribution in [0.1, 0.15) is 17.3 Å². The van der Waals surface area contributed by atoms with Crippen LogP contribution in [0, 0.1) is 11.3 Å². The molecule has 1 heterocycles. The molecule has 4 heteroatoms. The maximum atomic E-state index is 11.8. The molecular formula is C11H9NO3. The van der Waals surface area contributed by atoms with Crippen molar-refractivity contribution in [3.63, 3.8) is 0 Å². The van der Waals surface area contributed by atoms with Crippen LogP contribution < -0.4 is 4.74 Å². The summed E-state index contributed by atoms with van der Waals surface area (Å²) < 4.78 is 4.98. The average Bonchev–Trinajstić information content (AvgIpc) is 2.17. The van der Waals surface area contributed by atoms with Crippen LogP contribution in [-0.4, -0.2) is 17.5 Å². The van der Waals surface area contributed by atoms with Gasteiger partial charge in [-0.2, -0.15) is 0 Å². The van der Waals surface area contributed by atoms with Gasteiger partial charge >= 0.3 is 5.97 Å². The Morgan fingerprint density at radius 1 is 1.33 bits per heavy atom. The molecule has 1 N–H and O–H groups in total. The van der Waals surface area contributed by atoms with E-state index in [1.54, 1.807) is 24.3 Å². The highest BCUT2D eigenvalue weighted by molar-refractivity contribution is 6.25. The van der Waals surface area contributed by atoms with Gasteiger partial charge in [-0.1, -0.05) is 12.1 Å². The molecule has 0 saturated heterocycles. The minimum absolute atomic E-state index is 0.0134. The number of ketones is 1. The number of nitrogens with one attached hydrogen (secondary N) is 1. The molecule has 0 bridgehead atoms. The smallest absolute Gasteiger partial charge is 0.328 e. The topological polar surface area (TPSA) is 67.2 Å². The maximum absolute atomic E-state index is 11.8. The summed E-state index contributed by atoms with van der Waals surface area (Å²) in [5, 5.41) is 7.37. The summed E-state index contributed by atoms with van der Waals surface area (Å²) in [6, 6.07) is 6.56. The second-order valence-electron chi connectivity index (χ2n) is 3.40. The molecular weight excluding hydrogens is 194 g/mol. The predicted octanol–water partition coefficient (Wildman–Crippen LogP) is 1.44. The summed E-state index contributed by atoms with van der Waals surface area (Å²) in [4.78, 5) is 23.3. The van der Waals surface area contributed by atoms with Crippen LogP contribution in [0.4, 0.5) is 0 Å². The summed E-state index contributed by atoms with van der Waals surface area (Å²) in [6.45, 7) is 1.43. The lowest BCUT2D eigenvalue weighted by Gasteiger charge is -2.21. The molecule has 1 atom stereocenters. The van der Waals surface area contributed by atoms with Crippen LogP contribution in [0.2, 0.25) is 0 Å². The standard InChI is InChI=1S/C11H9NO3/c1-6(12)9-10(13)7-4-2-3-5-8(7)15-11(9)14/h2-5,9,12H,1H3. The number of rotatable bonds is 1. The number of benzene rings is 1. The Bertz CT molecular complexity index is 465. The van der Waals surface area contributed by atoms with Crippen molar-refractivity contribution in [3.8, 4) is 5.75 Å². The third-order valence-electron chi connectivity index (χ3n) is 2.29. The first-order valence-corrected chi connectivity index (χ1v) is 4.51. The van der Waals surface area contributed by atoms with E-state index in [4.69, 9.17) is 10.1 Å². The number of hydrogen-bond acceptors (Lipinski definition) is 4. The van der Waals surface area contributed by atoms with Gasteiger partial charge in [0.1, 0.15) is 5.75 Å². The van der Waals surface area contributed by atoms with Crippen molar-refractivity contribution in [2.24, 2.45) is 5.92 Å². The van der Waals surface area contributed by atoms with Crippen molar-refractivity contribution in [2.75, 3.05) is 0 Å². The number of carbonyl (C=O) groups is 2. The van der Waals surface area contributed by atoms with Gasteiger partial charge in [0.15, 0.2) is 11.7 Å². The zero-order valence-corrected chi connectivity index (χ0v) is 8.11. The number of Topliss-reactive ketones (excluding diaryl/α,β-unsaturated/α-hetero) is 1. The molecule has 76 valence electrons. The highest BCUT2D eigenvalue weighted by Gasteiger charge is 2.37. The van der Waals surface area contributed by atoms with Crippen LogP contribution in [0.3, 0.4) is 0 Å². The van der Waals surface area contributed by atoms with Gasteiger partial charge in [0.2, 0.25) is 0 Å². The van der Waals surface area contributed by atoms with E-state index >= 15 is 0 Å². The van der Waals surface area contributed by atoms with Crippen LogP contribution >= 0.6 is 0 Å². The number of carbonyl (C=O) groups excluding carboxylic acids is 2. The highest BCUT2D eigenvalue weighted by Crippen LogP contribution is 2.27. The number of para-hydroxylation sites is 1. The van der Waals surface area contributed by atoms with Crippen molar-refractivity contribution in [1.29, 1.82) is 5.41 Å². The predicted molar refractivity (Wildman–Crippen MR) is 53.3 cm³/mol. The Morgan fingerprint density at radius 2 is 2.00 bits per heavy atom. The van der Waals surface area contributed by atoms with Crippen LogP contribution in [0.15, 0.2) is 24.3 Å². The van der Waals surface area contributed by atoms with Crippen molar-refractivity contribution in [2.45, 2.75) is 6.92 Å². The van der Waals surface area contributed by atoms with Gasteiger partial charge in [0.25, 0.3) is 0 Å². The summed E-state index contributed by atoms with van der Waals surface area (Å²) >= 11 is 0. The molecule has 0 aliphatic carbocycles. The van der Waals surface area contributed by atoms with Crippen molar-refractivity contribution in [1.82, 2.24) is 0 Å². The summed E-state index contributed by atoms with van der Waals surface area (Å²) in [5.74, 6) is -1.80. The molecule has 4 nitrogen and oxygen atoms in total. The number of hydrogen-bond donors (Lipinski definition) is 1. The molecule has 1 aliphatic heterocycles. The quantitative estimate of drug-likeness (QED) is 0.325. The van der Waals surface area contributed by atoms with Gasteiger partial charge in [0, 0.05) is 5.71 Å². The summed E-state index contributed by atoms with van der Waals surface area (Å²) in [7, 11) is 0. The second-order valence-corrected chi connectivity index (χ2v) is 3.40. The molecule has 0 amide bonds. The Hall–Kier alpha value is -1.97. The minimum Gasteiger partial charge on any atom is -0.425 e. The molecule has 1 aromatic rings. The summed E-state index contributed by atoms with van der Waals surface area (Å²) in [6.07, 6.45) is 0. The second kappa shape index (κ2) is 3.31. The van der Waals surface area contributed by atoms with Crippen molar-refractivity contribution in [3.05, 3.63) is 29.8 Å². The summed E-state index contributed by atoms with van der Waals surface area (Å²) in [5.41, 5.74) is 0.383. The van der Waals surface area contributed by atoms with E-state index in [2.05, 4.69) is 0 Å². The molecule has 1 aliphatic rings. The Labute approximate surface area is 86.4 Å². The zero-order chi connectivity index (χ0) is 11.0. The number of esters is 1. The van der Waals surface area contributed by atoms with Crippen molar-refractivity contribution >= 4 is 17.5 Å². The number of fused-ring (bicyclic) bond motifs is 1. The molecule has 0 fully saturated rings. The lowest BCUT2D eigenvalue weighted by molar-refractivity contribution is -0.135. The molecule has 0 radical (unpaired) electrons. The van der Waals surface area contributed by atoms with Gasteiger partial charge in [-0.05, 0) is 19.1 Å². The number of ether oxygens (including phenoxy) is 1. The first-order valence-electron chi connectivity index (χ1n) is 4.51. The van der Waals surface area contributed by atoms with E-state index in [0.29, 0.717) is 5.56 Å². The SMILES string of the molecule is CC(=N)C1C(=O)Oc2ccccc2C1=O. The molecule has 0 spiro atoms. The fourth-order valence-corrected chi connectivity index (χ4v) is 1.56. The first kappa shape index (κ1) is 9.58. The molecule has 2 rings (SSSR count). The van der Waals surface area contributed by atoms with Gasteiger partial charge in [0.05, 0.1) is 5.56 Å². The van der Waals surface area contributed by atoms with E-state index in [-0.39, 0.29) is 17.2 Å². The Kier molecular flexibility index (Phi) is 2.11. The monoisotopic (exact) mass is 203 g/mol. The normalized spacial score (nSPS) is 19.4. The van der Waals surface area contributed by atoms with E-state index < -0.39 is 11.9 Å². The molecule has 1 aromatic carbocycles. The molecule has 0 aromatic heterocycles. The maximum Gasteiger partial charge on any atom is 0.328 e. The molecule has 15 heavy (non-hydrogen) atoms. The van der Waals surface area contributed by atoms with Gasteiger partial charge < -0.3 is 10.1 Å².